The van der Waals surface area contributed by atoms with Gasteiger partial charge in [-0.25, -0.2) is 4.79 Å². The summed E-state index contributed by atoms with van der Waals surface area (Å²) in [4.78, 5) is 10.1. The molecule has 0 radical (unpaired) electrons. The van der Waals surface area contributed by atoms with Gasteiger partial charge in [-0.1, -0.05) is 5.57 Å². The number of hydrogen-bond donors (Lipinski definition) is 0. The van der Waals surface area contributed by atoms with Crippen LogP contribution in [0.15, 0.2) is 11.6 Å². The van der Waals surface area contributed by atoms with Crippen LogP contribution in [0.2, 0.25) is 0 Å². The molecule has 0 aromatic heterocycles. The topological polar surface area (TPSA) is 26.3 Å². The predicted molar refractivity (Wildman–Crippen MR) is 36.4 cm³/mol. The normalized spacial score (nSPS) is 9.55. The molecule has 0 aromatic rings. The molecule has 0 bridgehead atoms. The fraction of sp³-hybridized carbons (Fsp3) is 0.571. The van der Waals surface area contributed by atoms with Gasteiger partial charge in [0.2, 0.25) is 0 Å². The van der Waals surface area contributed by atoms with Crippen molar-refractivity contribution in [2.24, 2.45) is 0 Å². The van der Waals surface area contributed by atoms with Crippen LogP contribution >= 0.6 is 0 Å². The molecule has 0 fully saturated rings. The highest BCUT2D eigenvalue weighted by Gasteiger charge is 2.15. The molecule has 0 aliphatic rings. The number of halogens is 2. The molecule has 0 saturated carbocycles. The maximum Gasteiger partial charge on any atom is 0.374 e. The number of carbonyl (C=O) groups excluding carboxylic acids is 1. The molecule has 64 valence electrons. The van der Waals surface area contributed by atoms with Crippen molar-refractivity contribution < 1.29 is 18.3 Å². The Hall–Kier alpha value is -0.930. The summed E-state index contributed by atoms with van der Waals surface area (Å²) in [7, 11) is 0. The second kappa shape index (κ2) is 4.82. The fourth-order valence-electron chi connectivity index (χ4n) is 0.353. The van der Waals surface area contributed by atoms with Gasteiger partial charge in [0.15, 0.2) is 0 Å². The molecule has 0 aromatic carbocycles. The highest BCUT2D eigenvalue weighted by atomic mass is 19.3. The molecule has 0 heterocycles. The summed E-state index contributed by atoms with van der Waals surface area (Å²) >= 11 is 0. The molecule has 0 saturated heterocycles. The minimum absolute atomic E-state index is 0.0779. The minimum atomic E-state index is -3.03. The first-order valence-corrected chi connectivity index (χ1v) is 3.12. The van der Waals surface area contributed by atoms with Crippen LogP contribution in [0.5, 0.6) is 0 Å². The number of ether oxygens (including phenoxy) is 1. The molecule has 0 rings (SSSR count). The molecule has 0 N–H and O–H groups in total. The van der Waals surface area contributed by atoms with E-state index in [4.69, 9.17) is 0 Å². The number of rotatable bonds is 3. The van der Waals surface area contributed by atoms with Gasteiger partial charge >= 0.3 is 12.4 Å². The molecule has 0 unspecified atom stereocenters. The van der Waals surface area contributed by atoms with Crippen LogP contribution in [-0.2, 0) is 9.53 Å². The summed E-state index contributed by atoms with van der Waals surface area (Å²) < 4.78 is 27.1. The van der Waals surface area contributed by atoms with Gasteiger partial charge in [-0.05, 0) is 19.9 Å². The van der Waals surface area contributed by atoms with Crippen molar-refractivity contribution in [2.45, 2.75) is 20.3 Å². The summed E-state index contributed by atoms with van der Waals surface area (Å²) in [5, 5.41) is 0. The van der Waals surface area contributed by atoms with E-state index in [1.54, 1.807) is 19.9 Å². The summed E-state index contributed by atoms with van der Waals surface area (Å²) in [5.41, 5.74) is 0.923. The molecule has 0 aliphatic carbocycles. The Kier molecular flexibility index (Phi) is 4.41. The van der Waals surface area contributed by atoms with Gasteiger partial charge in [-0.2, -0.15) is 8.78 Å². The highest BCUT2D eigenvalue weighted by Crippen LogP contribution is 1.96. The second-order valence-corrected chi connectivity index (χ2v) is 2.21. The molecule has 0 amide bonds. The van der Waals surface area contributed by atoms with E-state index in [0.717, 1.165) is 5.57 Å². The van der Waals surface area contributed by atoms with Crippen LogP contribution in [-0.4, -0.2) is 19.0 Å². The van der Waals surface area contributed by atoms with Crippen molar-refractivity contribution in [2.75, 3.05) is 6.61 Å². The Morgan fingerprint density at radius 1 is 1.55 bits per heavy atom. The minimum Gasteiger partial charge on any atom is -0.457 e. The molecule has 11 heavy (non-hydrogen) atoms. The van der Waals surface area contributed by atoms with Crippen LogP contribution in [0.1, 0.15) is 13.8 Å². The van der Waals surface area contributed by atoms with Gasteiger partial charge in [0, 0.05) is 0 Å². The van der Waals surface area contributed by atoms with Crippen molar-refractivity contribution in [1.29, 1.82) is 0 Å². The molecule has 2 nitrogen and oxygen atoms in total. The summed E-state index contributed by atoms with van der Waals surface area (Å²) in [6, 6.07) is 0. The fourth-order valence-corrected chi connectivity index (χ4v) is 0.353. The third kappa shape index (κ3) is 5.51. The molecule has 0 spiro atoms. The average Bonchev–Trinajstić information content (AvgIpc) is 1.86. The summed E-state index contributed by atoms with van der Waals surface area (Å²) in [6.45, 7) is 3.50. The lowest BCUT2D eigenvalue weighted by atomic mass is 10.3. The van der Waals surface area contributed by atoms with Gasteiger partial charge in [-0.3, -0.25) is 0 Å². The van der Waals surface area contributed by atoms with Crippen molar-refractivity contribution in [1.82, 2.24) is 0 Å². The van der Waals surface area contributed by atoms with Crippen molar-refractivity contribution in [3.8, 4) is 0 Å². The van der Waals surface area contributed by atoms with Crippen LogP contribution in [0.4, 0.5) is 8.78 Å². The predicted octanol–water partition coefficient (Wildman–Crippen LogP) is 1.76. The molecule has 0 atom stereocenters. The SMILES string of the molecule is CC(C)=CCOC(=O)C(F)F. The van der Waals surface area contributed by atoms with Crippen molar-refractivity contribution in [3.05, 3.63) is 11.6 Å². The van der Waals surface area contributed by atoms with Crippen LogP contribution < -0.4 is 0 Å². The van der Waals surface area contributed by atoms with E-state index < -0.39 is 12.4 Å². The number of hydrogen-bond acceptors (Lipinski definition) is 2. The molecular formula is C7H10F2O2. The lowest BCUT2D eigenvalue weighted by Gasteiger charge is -1.99. The van der Waals surface area contributed by atoms with Gasteiger partial charge < -0.3 is 4.74 Å². The summed E-state index contributed by atoms with van der Waals surface area (Å²) in [6.07, 6.45) is -1.47. The van der Waals surface area contributed by atoms with E-state index in [1.807, 2.05) is 0 Å². The van der Waals surface area contributed by atoms with Crippen LogP contribution in [0.25, 0.3) is 0 Å². The Balaban J connectivity index is 3.56. The number of carbonyl (C=O) groups is 1. The zero-order valence-corrected chi connectivity index (χ0v) is 6.43. The maximum absolute atomic E-state index is 11.5. The van der Waals surface area contributed by atoms with E-state index in [0.29, 0.717) is 0 Å². The van der Waals surface area contributed by atoms with E-state index in [1.165, 1.54) is 0 Å². The monoisotopic (exact) mass is 164 g/mol. The third-order valence-electron chi connectivity index (χ3n) is 0.895. The quantitative estimate of drug-likeness (QED) is 0.469. The first kappa shape index (κ1) is 10.1. The maximum atomic E-state index is 11.5. The van der Waals surface area contributed by atoms with Crippen molar-refractivity contribution in [3.63, 3.8) is 0 Å². The van der Waals surface area contributed by atoms with Gasteiger partial charge in [0.1, 0.15) is 6.61 Å². The van der Waals surface area contributed by atoms with Crippen molar-refractivity contribution >= 4 is 5.97 Å². The molecule has 0 aliphatic heterocycles. The largest absolute Gasteiger partial charge is 0.457 e. The third-order valence-corrected chi connectivity index (χ3v) is 0.895. The highest BCUT2D eigenvalue weighted by molar-refractivity contribution is 5.72. The Labute approximate surface area is 63.8 Å². The lowest BCUT2D eigenvalue weighted by Crippen LogP contribution is -2.13. The van der Waals surface area contributed by atoms with E-state index in [-0.39, 0.29) is 6.61 Å². The average molecular weight is 164 g/mol. The first-order valence-electron chi connectivity index (χ1n) is 3.12. The Bertz CT molecular complexity index is 160. The smallest absolute Gasteiger partial charge is 0.374 e. The molecule has 4 heteroatoms. The Morgan fingerprint density at radius 2 is 2.09 bits per heavy atom. The molecular weight excluding hydrogens is 154 g/mol. The first-order chi connectivity index (χ1) is 5.04. The second-order valence-electron chi connectivity index (χ2n) is 2.21. The van der Waals surface area contributed by atoms with E-state index in [2.05, 4.69) is 4.74 Å². The number of alkyl halides is 2. The van der Waals surface area contributed by atoms with Gasteiger partial charge in [0.25, 0.3) is 0 Å². The number of esters is 1. The van der Waals surface area contributed by atoms with E-state index >= 15 is 0 Å². The lowest BCUT2D eigenvalue weighted by molar-refractivity contribution is -0.155. The van der Waals surface area contributed by atoms with Crippen LogP contribution in [0.3, 0.4) is 0 Å². The zero-order chi connectivity index (χ0) is 8.85. The summed E-state index contributed by atoms with van der Waals surface area (Å²) in [5.74, 6) is -1.47. The van der Waals surface area contributed by atoms with Crippen LogP contribution in [0, 0.1) is 0 Å². The standard InChI is InChI=1S/C7H10F2O2/c1-5(2)3-4-11-7(10)6(8)9/h3,6H,4H2,1-2H3. The van der Waals surface area contributed by atoms with Gasteiger partial charge in [-0.15, -0.1) is 0 Å². The van der Waals surface area contributed by atoms with Gasteiger partial charge in [0.05, 0.1) is 0 Å². The Morgan fingerprint density at radius 3 is 2.45 bits per heavy atom. The van der Waals surface area contributed by atoms with E-state index in [9.17, 15) is 13.6 Å². The zero-order valence-electron chi connectivity index (χ0n) is 6.43. The number of allylic oxidation sites excluding steroid dienone is 1.